The number of carbonyl (C=O) groups is 1. The quantitative estimate of drug-likeness (QED) is 0.793. The smallest absolute Gasteiger partial charge is 0.246 e. The maximum Gasteiger partial charge on any atom is 0.246 e. The molecule has 0 bridgehead atoms. The van der Waals surface area contributed by atoms with Crippen LogP contribution >= 0.6 is 11.8 Å². The minimum Gasteiger partial charge on any atom is -0.347 e. The molecular formula is C11H16N6O2S. The summed E-state index contributed by atoms with van der Waals surface area (Å²) in [5, 5.41) is 10.5. The van der Waals surface area contributed by atoms with Crippen molar-refractivity contribution < 1.29 is 9.32 Å². The van der Waals surface area contributed by atoms with Crippen LogP contribution < -0.4 is 5.32 Å². The van der Waals surface area contributed by atoms with Crippen molar-refractivity contribution in [3.8, 4) is 0 Å². The van der Waals surface area contributed by atoms with E-state index in [9.17, 15) is 4.79 Å². The van der Waals surface area contributed by atoms with Crippen molar-refractivity contribution in [1.82, 2.24) is 30.2 Å². The number of nitrogens with one attached hydrogen (secondary N) is 1. The predicted octanol–water partition coefficient (Wildman–Crippen LogP) is 0.477. The largest absolute Gasteiger partial charge is 0.347 e. The van der Waals surface area contributed by atoms with E-state index in [-0.39, 0.29) is 18.4 Å². The molecule has 0 aromatic carbocycles. The van der Waals surface area contributed by atoms with E-state index in [1.54, 1.807) is 22.8 Å². The molecule has 0 saturated carbocycles. The Kier molecular flexibility index (Phi) is 5.10. The van der Waals surface area contributed by atoms with E-state index in [4.69, 9.17) is 4.52 Å². The zero-order valence-corrected chi connectivity index (χ0v) is 12.1. The molecular weight excluding hydrogens is 280 g/mol. The third-order valence-electron chi connectivity index (χ3n) is 2.57. The molecule has 2 rings (SSSR count). The SMILES string of the molecule is CSCc1noc(CNC(=O)C(C)Cn2cncn2)n1. The maximum absolute atomic E-state index is 11.9. The number of thioether (sulfide) groups is 1. The van der Waals surface area contributed by atoms with E-state index in [1.165, 1.54) is 6.33 Å². The summed E-state index contributed by atoms with van der Waals surface area (Å²) in [6.07, 6.45) is 4.98. The number of nitrogens with zero attached hydrogens (tertiary/aromatic N) is 5. The van der Waals surface area contributed by atoms with Crippen LogP contribution in [0.2, 0.25) is 0 Å². The van der Waals surface area contributed by atoms with Crippen LogP contribution in [0.1, 0.15) is 18.6 Å². The Labute approximate surface area is 120 Å². The van der Waals surface area contributed by atoms with Crippen LogP contribution in [0.25, 0.3) is 0 Å². The maximum atomic E-state index is 11.9. The molecule has 2 aromatic heterocycles. The van der Waals surface area contributed by atoms with Crippen molar-refractivity contribution in [2.45, 2.75) is 25.8 Å². The molecule has 1 unspecified atom stereocenters. The van der Waals surface area contributed by atoms with Crippen LogP contribution in [-0.4, -0.2) is 37.1 Å². The van der Waals surface area contributed by atoms with E-state index in [1.807, 2.05) is 13.2 Å². The predicted molar refractivity (Wildman–Crippen MR) is 72.5 cm³/mol. The standard InChI is InChI=1S/C11H16N6O2S/c1-8(4-17-7-12-6-14-17)11(18)13-3-10-15-9(5-20-2)16-19-10/h6-8H,3-5H2,1-2H3,(H,13,18). The van der Waals surface area contributed by atoms with Gasteiger partial charge in [0.25, 0.3) is 0 Å². The second-order valence-corrected chi connectivity index (χ2v) is 5.14. The summed E-state index contributed by atoms with van der Waals surface area (Å²) >= 11 is 1.61. The molecule has 2 aromatic rings. The van der Waals surface area contributed by atoms with Gasteiger partial charge in [-0.3, -0.25) is 9.48 Å². The number of amides is 1. The lowest BCUT2D eigenvalue weighted by atomic mass is 10.1. The lowest BCUT2D eigenvalue weighted by Gasteiger charge is -2.10. The Morgan fingerprint density at radius 3 is 3.15 bits per heavy atom. The third kappa shape index (κ3) is 4.05. The molecule has 0 saturated heterocycles. The Hall–Kier alpha value is -1.90. The molecule has 1 amide bonds. The molecule has 20 heavy (non-hydrogen) atoms. The summed E-state index contributed by atoms with van der Waals surface area (Å²) in [6.45, 7) is 2.54. The van der Waals surface area contributed by atoms with Crippen LogP contribution in [0.3, 0.4) is 0 Å². The van der Waals surface area contributed by atoms with Crippen LogP contribution in [-0.2, 0) is 23.6 Å². The van der Waals surface area contributed by atoms with E-state index in [0.717, 1.165) is 0 Å². The first-order chi connectivity index (χ1) is 9.69. The Morgan fingerprint density at radius 2 is 2.45 bits per heavy atom. The van der Waals surface area contributed by atoms with Crippen molar-refractivity contribution in [2.75, 3.05) is 6.26 Å². The van der Waals surface area contributed by atoms with Crippen LogP contribution in [0.4, 0.5) is 0 Å². The molecule has 2 heterocycles. The molecule has 1 N–H and O–H groups in total. The molecule has 0 aliphatic carbocycles. The van der Waals surface area contributed by atoms with Gasteiger partial charge in [0, 0.05) is 0 Å². The Bertz CT molecular complexity index is 541. The molecule has 0 aliphatic rings. The van der Waals surface area contributed by atoms with E-state index in [0.29, 0.717) is 24.0 Å². The lowest BCUT2D eigenvalue weighted by Crippen LogP contribution is -2.31. The van der Waals surface area contributed by atoms with Gasteiger partial charge in [0.2, 0.25) is 11.8 Å². The summed E-state index contributed by atoms with van der Waals surface area (Å²) in [6, 6.07) is 0. The van der Waals surface area contributed by atoms with Gasteiger partial charge in [-0.05, 0) is 6.26 Å². The van der Waals surface area contributed by atoms with Gasteiger partial charge >= 0.3 is 0 Å². The summed E-state index contributed by atoms with van der Waals surface area (Å²) in [7, 11) is 0. The number of hydrogen-bond donors (Lipinski definition) is 1. The van der Waals surface area contributed by atoms with Gasteiger partial charge in [0.15, 0.2) is 5.82 Å². The first-order valence-corrected chi connectivity index (χ1v) is 7.49. The molecule has 0 spiro atoms. The molecule has 108 valence electrons. The highest BCUT2D eigenvalue weighted by atomic mass is 32.2. The summed E-state index contributed by atoms with van der Waals surface area (Å²) in [5.41, 5.74) is 0. The minimum absolute atomic E-state index is 0.0925. The highest BCUT2D eigenvalue weighted by Gasteiger charge is 2.15. The lowest BCUT2D eigenvalue weighted by molar-refractivity contribution is -0.125. The average molecular weight is 296 g/mol. The van der Waals surface area contributed by atoms with Crippen LogP contribution in [0, 0.1) is 5.92 Å². The monoisotopic (exact) mass is 296 g/mol. The van der Waals surface area contributed by atoms with Gasteiger partial charge in [0.05, 0.1) is 24.8 Å². The Morgan fingerprint density at radius 1 is 1.60 bits per heavy atom. The van der Waals surface area contributed by atoms with Gasteiger partial charge in [0.1, 0.15) is 12.7 Å². The molecule has 8 nitrogen and oxygen atoms in total. The molecule has 0 radical (unpaired) electrons. The van der Waals surface area contributed by atoms with Gasteiger partial charge in [-0.1, -0.05) is 12.1 Å². The number of rotatable bonds is 7. The topological polar surface area (TPSA) is 98.7 Å². The highest BCUT2D eigenvalue weighted by molar-refractivity contribution is 7.97. The molecule has 9 heteroatoms. The van der Waals surface area contributed by atoms with Gasteiger partial charge < -0.3 is 9.84 Å². The van der Waals surface area contributed by atoms with Crippen molar-refractivity contribution in [3.05, 3.63) is 24.4 Å². The van der Waals surface area contributed by atoms with Crippen molar-refractivity contribution in [1.29, 1.82) is 0 Å². The molecule has 0 aliphatic heterocycles. The number of aromatic nitrogens is 5. The average Bonchev–Trinajstić information content (AvgIpc) is 3.08. The van der Waals surface area contributed by atoms with Crippen molar-refractivity contribution in [2.24, 2.45) is 5.92 Å². The minimum atomic E-state index is -0.217. The second kappa shape index (κ2) is 7.04. The summed E-state index contributed by atoms with van der Waals surface area (Å²) in [4.78, 5) is 19.9. The van der Waals surface area contributed by atoms with Gasteiger partial charge in [-0.2, -0.15) is 21.8 Å². The van der Waals surface area contributed by atoms with E-state index < -0.39 is 0 Å². The number of carbonyl (C=O) groups excluding carboxylic acids is 1. The van der Waals surface area contributed by atoms with Crippen molar-refractivity contribution in [3.63, 3.8) is 0 Å². The summed E-state index contributed by atoms with van der Waals surface area (Å²) < 4.78 is 6.66. The van der Waals surface area contributed by atoms with E-state index >= 15 is 0 Å². The first-order valence-electron chi connectivity index (χ1n) is 6.09. The fourth-order valence-electron chi connectivity index (χ4n) is 1.58. The summed E-state index contributed by atoms with van der Waals surface area (Å²) in [5.74, 6) is 1.43. The van der Waals surface area contributed by atoms with Crippen molar-refractivity contribution >= 4 is 17.7 Å². The zero-order valence-electron chi connectivity index (χ0n) is 11.3. The normalized spacial score (nSPS) is 12.3. The third-order valence-corrected chi connectivity index (χ3v) is 3.12. The second-order valence-electron chi connectivity index (χ2n) is 4.27. The van der Waals surface area contributed by atoms with Crippen LogP contribution in [0.15, 0.2) is 17.2 Å². The highest BCUT2D eigenvalue weighted by Crippen LogP contribution is 2.05. The molecule has 0 fully saturated rings. The fraction of sp³-hybridized carbons (Fsp3) is 0.545. The number of hydrogen-bond acceptors (Lipinski definition) is 7. The first kappa shape index (κ1) is 14.5. The molecule has 1 atom stereocenters. The van der Waals surface area contributed by atoms with Crippen LogP contribution in [0.5, 0.6) is 0 Å². The van der Waals surface area contributed by atoms with Gasteiger partial charge in [-0.15, -0.1) is 0 Å². The fourth-order valence-corrected chi connectivity index (χ4v) is 1.95. The Balaban J connectivity index is 1.78. The zero-order chi connectivity index (χ0) is 14.4. The van der Waals surface area contributed by atoms with Gasteiger partial charge in [-0.25, -0.2) is 4.98 Å². The van der Waals surface area contributed by atoms with E-state index in [2.05, 4.69) is 25.5 Å².